The monoisotopic (exact) mass is 354 g/mol. The van der Waals surface area contributed by atoms with Crippen LogP contribution < -0.4 is 10.1 Å². The molecule has 6 heteroatoms. The van der Waals surface area contributed by atoms with E-state index in [0.717, 1.165) is 67.2 Å². The Labute approximate surface area is 154 Å². The van der Waals surface area contributed by atoms with Gasteiger partial charge in [0.2, 0.25) is 0 Å². The van der Waals surface area contributed by atoms with Crippen molar-refractivity contribution >= 4 is 16.8 Å². The molecule has 0 spiro atoms. The zero-order valence-corrected chi connectivity index (χ0v) is 15.5. The molecular weight excluding hydrogens is 328 g/mol. The highest BCUT2D eigenvalue weighted by Gasteiger charge is 2.28. The largest absolute Gasteiger partial charge is 0.497 e. The van der Waals surface area contributed by atoms with Crippen molar-refractivity contribution in [1.82, 2.24) is 20.1 Å². The number of hydrogen-bond acceptors (Lipinski definition) is 5. The Hall–Kier alpha value is -2.18. The van der Waals surface area contributed by atoms with Gasteiger partial charge in [-0.05, 0) is 38.1 Å². The molecule has 0 radical (unpaired) electrons. The lowest BCUT2D eigenvalue weighted by Crippen LogP contribution is -2.52. The van der Waals surface area contributed by atoms with Gasteiger partial charge >= 0.3 is 0 Å². The van der Waals surface area contributed by atoms with Gasteiger partial charge in [-0.2, -0.15) is 0 Å². The van der Waals surface area contributed by atoms with Crippen molar-refractivity contribution < 1.29 is 9.53 Å². The van der Waals surface area contributed by atoms with Gasteiger partial charge in [0.05, 0.1) is 18.2 Å². The van der Waals surface area contributed by atoms with Gasteiger partial charge in [-0.15, -0.1) is 0 Å². The molecule has 0 bridgehead atoms. The van der Waals surface area contributed by atoms with E-state index in [-0.39, 0.29) is 5.91 Å². The third-order valence-corrected chi connectivity index (χ3v) is 5.53. The Morgan fingerprint density at radius 2 is 2.04 bits per heavy atom. The van der Waals surface area contributed by atoms with Crippen molar-refractivity contribution in [2.45, 2.75) is 19.4 Å². The van der Waals surface area contributed by atoms with E-state index in [2.05, 4.69) is 15.2 Å². The predicted octanol–water partition coefficient (Wildman–Crippen LogP) is 1.67. The Morgan fingerprint density at radius 3 is 2.73 bits per heavy atom. The average molecular weight is 354 g/mol. The van der Waals surface area contributed by atoms with Crippen molar-refractivity contribution in [1.29, 1.82) is 0 Å². The average Bonchev–Trinajstić information content (AvgIpc) is 3.21. The van der Waals surface area contributed by atoms with Crippen LogP contribution in [-0.4, -0.2) is 73.1 Å². The number of hydrogen-bond donors (Lipinski definition) is 1. The molecule has 2 aliphatic heterocycles. The van der Waals surface area contributed by atoms with E-state index in [1.165, 1.54) is 6.42 Å². The number of ether oxygens (including phenoxy) is 1. The third-order valence-electron chi connectivity index (χ3n) is 5.53. The Kier molecular flexibility index (Phi) is 4.78. The maximum Gasteiger partial charge on any atom is 0.254 e. The number of nitrogens with zero attached hydrogens (tertiary/aromatic N) is 3. The molecule has 4 rings (SSSR count). The summed E-state index contributed by atoms with van der Waals surface area (Å²) in [5.41, 5.74) is 2.40. The molecule has 3 heterocycles. The highest BCUT2D eigenvalue weighted by molar-refractivity contribution is 6.06. The second-order valence-electron chi connectivity index (χ2n) is 7.17. The number of carbonyl (C=O) groups excluding carboxylic acids is 1. The zero-order valence-electron chi connectivity index (χ0n) is 15.5. The number of fused-ring (bicyclic) bond motifs is 1. The lowest BCUT2D eigenvalue weighted by Gasteiger charge is -2.38. The lowest BCUT2D eigenvalue weighted by molar-refractivity contribution is 0.0585. The maximum absolute atomic E-state index is 13.2. The molecule has 2 aromatic rings. The van der Waals surface area contributed by atoms with Gasteiger partial charge in [-0.1, -0.05) is 0 Å². The van der Waals surface area contributed by atoms with Crippen LogP contribution in [0.4, 0.5) is 0 Å². The van der Waals surface area contributed by atoms with Gasteiger partial charge in [0.15, 0.2) is 0 Å². The first-order chi connectivity index (χ1) is 12.7. The zero-order chi connectivity index (χ0) is 18.1. The van der Waals surface area contributed by atoms with E-state index in [1.54, 1.807) is 7.11 Å². The molecule has 1 atom stereocenters. The van der Waals surface area contributed by atoms with E-state index in [1.807, 2.05) is 36.1 Å². The van der Waals surface area contributed by atoms with Crippen LogP contribution >= 0.6 is 0 Å². The van der Waals surface area contributed by atoms with Crippen molar-refractivity contribution in [3.8, 4) is 5.75 Å². The highest BCUT2D eigenvalue weighted by Crippen LogP contribution is 2.25. The SMILES string of the molecule is COc1ccc2c(C(=O)N3CCN([C@H]4CCNC4)CC3)cc(C)nc2c1. The fourth-order valence-corrected chi connectivity index (χ4v) is 4.06. The van der Waals surface area contributed by atoms with Gasteiger partial charge in [-0.3, -0.25) is 14.7 Å². The quantitative estimate of drug-likeness (QED) is 0.909. The Morgan fingerprint density at radius 1 is 1.23 bits per heavy atom. The number of aryl methyl sites for hydroxylation is 1. The van der Waals surface area contributed by atoms with Crippen LogP contribution in [-0.2, 0) is 0 Å². The fraction of sp³-hybridized carbons (Fsp3) is 0.500. The number of piperazine rings is 1. The van der Waals surface area contributed by atoms with Crippen LogP contribution in [0.15, 0.2) is 24.3 Å². The molecule has 0 saturated carbocycles. The van der Waals surface area contributed by atoms with Crippen LogP contribution in [0.3, 0.4) is 0 Å². The molecule has 2 saturated heterocycles. The standard InChI is InChI=1S/C20H26N4O2/c1-14-11-18(17-4-3-16(26-2)12-19(17)22-14)20(25)24-9-7-23(8-10-24)15-5-6-21-13-15/h3-4,11-12,15,21H,5-10,13H2,1-2H3/t15-/m0/s1. The third kappa shape index (κ3) is 3.27. The minimum Gasteiger partial charge on any atom is -0.497 e. The maximum atomic E-state index is 13.2. The lowest BCUT2D eigenvalue weighted by atomic mass is 10.1. The number of carbonyl (C=O) groups is 1. The molecule has 2 fully saturated rings. The van der Waals surface area contributed by atoms with Crippen molar-refractivity contribution in [3.63, 3.8) is 0 Å². The van der Waals surface area contributed by atoms with Crippen LogP contribution in [0.2, 0.25) is 0 Å². The molecule has 1 aromatic heterocycles. The number of benzene rings is 1. The van der Waals surface area contributed by atoms with E-state index < -0.39 is 0 Å². The van der Waals surface area contributed by atoms with Crippen LogP contribution in [0.1, 0.15) is 22.5 Å². The summed E-state index contributed by atoms with van der Waals surface area (Å²) in [5, 5.41) is 4.32. The second-order valence-corrected chi connectivity index (χ2v) is 7.17. The summed E-state index contributed by atoms with van der Waals surface area (Å²) >= 11 is 0. The molecule has 1 amide bonds. The molecule has 2 aliphatic rings. The summed E-state index contributed by atoms with van der Waals surface area (Å²) in [7, 11) is 1.64. The number of rotatable bonds is 3. The smallest absolute Gasteiger partial charge is 0.254 e. The van der Waals surface area contributed by atoms with E-state index in [0.29, 0.717) is 6.04 Å². The first-order valence-corrected chi connectivity index (χ1v) is 9.35. The minimum absolute atomic E-state index is 0.106. The van der Waals surface area contributed by atoms with Crippen LogP contribution in [0, 0.1) is 6.92 Å². The number of amides is 1. The van der Waals surface area contributed by atoms with Gasteiger partial charge in [-0.25, -0.2) is 0 Å². The number of nitrogens with one attached hydrogen (secondary N) is 1. The van der Waals surface area contributed by atoms with Crippen molar-refractivity contribution in [2.75, 3.05) is 46.4 Å². The normalized spacial score (nSPS) is 21.3. The molecule has 138 valence electrons. The summed E-state index contributed by atoms with van der Waals surface area (Å²) in [4.78, 5) is 22.3. The first-order valence-electron chi connectivity index (χ1n) is 9.35. The van der Waals surface area contributed by atoms with Crippen molar-refractivity contribution in [2.24, 2.45) is 0 Å². The molecule has 26 heavy (non-hydrogen) atoms. The summed E-state index contributed by atoms with van der Waals surface area (Å²) < 4.78 is 5.29. The van der Waals surface area contributed by atoms with Gasteiger partial charge in [0.25, 0.3) is 5.91 Å². The molecule has 0 aliphatic carbocycles. The Balaban J connectivity index is 1.54. The van der Waals surface area contributed by atoms with Crippen LogP contribution in [0.5, 0.6) is 5.75 Å². The summed E-state index contributed by atoms with van der Waals surface area (Å²) in [6, 6.07) is 8.26. The van der Waals surface area contributed by atoms with E-state index in [4.69, 9.17) is 4.74 Å². The van der Waals surface area contributed by atoms with Gasteiger partial charge < -0.3 is 15.0 Å². The molecule has 1 N–H and O–H groups in total. The predicted molar refractivity (Wildman–Crippen MR) is 102 cm³/mol. The van der Waals surface area contributed by atoms with Gasteiger partial charge in [0.1, 0.15) is 5.75 Å². The molecular formula is C20H26N4O2. The summed E-state index contributed by atoms with van der Waals surface area (Å²) in [6.45, 7) is 7.59. The molecule has 0 unspecified atom stereocenters. The number of pyridine rings is 1. The summed E-state index contributed by atoms with van der Waals surface area (Å²) in [5.74, 6) is 0.864. The highest BCUT2D eigenvalue weighted by atomic mass is 16.5. The topological polar surface area (TPSA) is 57.7 Å². The molecule has 6 nitrogen and oxygen atoms in total. The second kappa shape index (κ2) is 7.21. The van der Waals surface area contributed by atoms with E-state index >= 15 is 0 Å². The number of aromatic nitrogens is 1. The van der Waals surface area contributed by atoms with Gasteiger partial charge in [0, 0.05) is 55.9 Å². The van der Waals surface area contributed by atoms with E-state index in [9.17, 15) is 4.79 Å². The fourth-order valence-electron chi connectivity index (χ4n) is 4.06. The minimum atomic E-state index is 0.106. The summed E-state index contributed by atoms with van der Waals surface area (Å²) in [6.07, 6.45) is 1.21. The molecule has 1 aromatic carbocycles. The van der Waals surface area contributed by atoms with Crippen molar-refractivity contribution in [3.05, 3.63) is 35.5 Å². The number of methoxy groups -OCH3 is 1. The first kappa shape index (κ1) is 17.2. The Bertz CT molecular complexity index is 809. The van der Waals surface area contributed by atoms with Crippen LogP contribution in [0.25, 0.3) is 10.9 Å².